The van der Waals surface area contributed by atoms with Crippen LogP contribution in [-0.4, -0.2) is 26.7 Å². The summed E-state index contributed by atoms with van der Waals surface area (Å²) in [7, 11) is 1.64. The molecule has 0 saturated heterocycles. The van der Waals surface area contributed by atoms with E-state index in [2.05, 4.69) is 15.1 Å². The van der Waals surface area contributed by atoms with Crippen molar-refractivity contribution < 1.29 is 4.74 Å². The van der Waals surface area contributed by atoms with Crippen LogP contribution in [0.2, 0.25) is 5.28 Å². The Kier molecular flexibility index (Phi) is 3.06. The minimum atomic E-state index is 0.315. The summed E-state index contributed by atoms with van der Waals surface area (Å²) in [5.74, 6) is 1.43. The topological polar surface area (TPSA) is 52.3 Å². The van der Waals surface area contributed by atoms with Crippen LogP contribution in [-0.2, 0) is 0 Å². The number of methoxy groups -OCH3 is 1. The monoisotopic (exact) mass is 288 g/mol. The summed E-state index contributed by atoms with van der Waals surface area (Å²) in [5.41, 5.74) is 3.55. The number of hydrogen-bond acceptors (Lipinski definition) is 4. The van der Waals surface area contributed by atoms with Gasteiger partial charge in [0, 0.05) is 5.56 Å². The van der Waals surface area contributed by atoms with E-state index in [1.54, 1.807) is 11.6 Å². The Balaban J connectivity index is 2.26. The molecule has 0 unspecified atom stereocenters. The van der Waals surface area contributed by atoms with Gasteiger partial charge in [0.25, 0.3) is 0 Å². The van der Waals surface area contributed by atoms with Crippen molar-refractivity contribution in [2.75, 3.05) is 7.11 Å². The normalized spacial score (nSPS) is 11.0. The number of aryl methyl sites for hydroxylation is 2. The molecule has 102 valence electrons. The van der Waals surface area contributed by atoms with Gasteiger partial charge in [-0.1, -0.05) is 12.1 Å². The summed E-state index contributed by atoms with van der Waals surface area (Å²) >= 11 is 6.11. The first-order valence-electron chi connectivity index (χ1n) is 6.14. The third-order valence-corrected chi connectivity index (χ3v) is 3.36. The highest BCUT2D eigenvalue weighted by Crippen LogP contribution is 2.29. The molecule has 0 amide bonds. The molecular weight excluding hydrogens is 276 g/mol. The fourth-order valence-electron chi connectivity index (χ4n) is 2.20. The molecule has 6 heteroatoms. The lowest BCUT2D eigenvalue weighted by molar-refractivity contribution is 0.415. The molecule has 0 aliphatic carbocycles. The van der Waals surface area contributed by atoms with Crippen molar-refractivity contribution in [2.45, 2.75) is 13.8 Å². The molecule has 0 aliphatic rings. The Morgan fingerprint density at radius 3 is 2.45 bits per heavy atom. The Morgan fingerprint density at radius 2 is 1.80 bits per heavy atom. The van der Waals surface area contributed by atoms with E-state index in [-0.39, 0.29) is 0 Å². The van der Waals surface area contributed by atoms with E-state index in [4.69, 9.17) is 16.3 Å². The molecule has 0 N–H and O–H groups in total. The number of halogens is 1. The second-order valence-electron chi connectivity index (χ2n) is 4.46. The standard InChI is InChI=1S/C14H13ClN4O/c1-8-12(10-4-6-11(20-3)7-5-10)13-16-9(2)17-14(15)19(13)18-8/h4-7H,1-3H3. The number of nitrogens with zero attached hydrogens (tertiary/aromatic N) is 4. The first kappa shape index (κ1) is 12.9. The van der Waals surface area contributed by atoms with Gasteiger partial charge in [-0.05, 0) is 43.1 Å². The Bertz CT molecular complexity index is 780. The third-order valence-electron chi connectivity index (χ3n) is 3.11. The summed E-state index contributed by atoms with van der Waals surface area (Å²) in [4.78, 5) is 8.56. The van der Waals surface area contributed by atoms with Gasteiger partial charge in [-0.15, -0.1) is 0 Å². The van der Waals surface area contributed by atoms with Crippen molar-refractivity contribution in [2.24, 2.45) is 0 Å². The Hall–Kier alpha value is -2.14. The molecule has 3 aromatic rings. The average molecular weight is 289 g/mol. The molecule has 0 saturated carbocycles. The van der Waals surface area contributed by atoms with Gasteiger partial charge >= 0.3 is 0 Å². The van der Waals surface area contributed by atoms with Crippen LogP contribution in [0.3, 0.4) is 0 Å². The zero-order valence-corrected chi connectivity index (χ0v) is 12.1. The molecule has 0 radical (unpaired) electrons. The summed E-state index contributed by atoms with van der Waals surface area (Å²) in [6.07, 6.45) is 0. The fourth-order valence-corrected chi connectivity index (χ4v) is 2.44. The molecule has 0 atom stereocenters. The Labute approximate surface area is 121 Å². The first-order valence-corrected chi connectivity index (χ1v) is 6.52. The maximum absolute atomic E-state index is 6.11. The lowest BCUT2D eigenvalue weighted by Crippen LogP contribution is -1.98. The molecule has 2 heterocycles. The highest BCUT2D eigenvalue weighted by Gasteiger charge is 2.15. The summed E-state index contributed by atoms with van der Waals surface area (Å²) in [6.45, 7) is 3.74. The van der Waals surface area contributed by atoms with Crippen LogP contribution in [0.25, 0.3) is 16.8 Å². The number of hydrogen-bond donors (Lipinski definition) is 0. The van der Waals surface area contributed by atoms with E-state index >= 15 is 0 Å². The fraction of sp³-hybridized carbons (Fsp3) is 0.214. The van der Waals surface area contributed by atoms with Gasteiger partial charge in [0.2, 0.25) is 5.28 Å². The molecule has 2 aromatic heterocycles. The highest BCUT2D eigenvalue weighted by molar-refractivity contribution is 6.28. The van der Waals surface area contributed by atoms with Crippen molar-refractivity contribution in [1.82, 2.24) is 19.6 Å². The molecule has 0 aliphatic heterocycles. The van der Waals surface area contributed by atoms with Gasteiger partial charge in [0.05, 0.1) is 12.8 Å². The predicted molar refractivity (Wildman–Crippen MR) is 77.3 cm³/mol. The van der Waals surface area contributed by atoms with Gasteiger partial charge in [0.15, 0.2) is 5.65 Å². The number of fused-ring (bicyclic) bond motifs is 1. The molecule has 0 fully saturated rings. The van der Waals surface area contributed by atoms with Crippen molar-refractivity contribution in [1.29, 1.82) is 0 Å². The number of ether oxygens (including phenoxy) is 1. The summed E-state index contributed by atoms with van der Waals surface area (Å²) in [5, 5.41) is 4.72. The number of rotatable bonds is 2. The van der Waals surface area contributed by atoms with Crippen LogP contribution in [0, 0.1) is 13.8 Å². The number of aromatic nitrogens is 4. The van der Waals surface area contributed by atoms with Crippen molar-refractivity contribution in [3.63, 3.8) is 0 Å². The Morgan fingerprint density at radius 1 is 1.10 bits per heavy atom. The first-order chi connectivity index (χ1) is 9.60. The molecule has 1 aromatic carbocycles. The van der Waals surface area contributed by atoms with Crippen LogP contribution in [0.1, 0.15) is 11.5 Å². The minimum Gasteiger partial charge on any atom is -0.497 e. The second kappa shape index (κ2) is 4.76. The zero-order valence-electron chi connectivity index (χ0n) is 11.4. The maximum Gasteiger partial charge on any atom is 0.227 e. The lowest BCUT2D eigenvalue weighted by Gasteiger charge is -2.03. The third kappa shape index (κ3) is 2.00. The van der Waals surface area contributed by atoms with Crippen molar-refractivity contribution >= 4 is 17.2 Å². The van der Waals surface area contributed by atoms with E-state index in [0.717, 1.165) is 22.6 Å². The molecule has 20 heavy (non-hydrogen) atoms. The van der Waals surface area contributed by atoms with Crippen LogP contribution in [0.5, 0.6) is 5.75 Å². The van der Waals surface area contributed by atoms with Gasteiger partial charge in [-0.3, -0.25) is 0 Å². The quantitative estimate of drug-likeness (QED) is 0.727. The van der Waals surface area contributed by atoms with E-state index in [9.17, 15) is 0 Å². The van der Waals surface area contributed by atoms with Gasteiger partial charge in [-0.2, -0.15) is 9.61 Å². The van der Waals surface area contributed by atoms with E-state index in [0.29, 0.717) is 16.8 Å². The van der Waals surface area contributed by atoms with Crippen LogP contribution < -0.4 is 4.74 Å². The zero-order chi connectivity index (χ0) is 14.3. The smallest absolute Gasteiger partial charge is 0.227 e. The maximum atomic E-state index is 6.11. The van der Waals surface area contributed by atoms with Crippen LogP contribution in [0.4, 0.5) is 0 Å². The van der Waals surface area contributed by atoms with E-state index < -0.39 is 0 Å². The molecular formula is C14H13ClN4O. The van der Waals surface area contributed by atoms with Gasteiger partial charge < -0.3 is 4.74 Å². The van der Waals surface area contributed by atoms with Crippen LogP contribution in [0.15, 0.2) is 24.3 Å². The highest BCUT2D eigenvalue weighted by atomic mass is 35.5. The largest absolute Gasteiger partial charge is 0.497 e. The summed E-state index contributed by atoms with van der Waals surface area (Å²) in [6, 6.07) is 7.78. The van der Waals surface area contributed by atoms with E-state index in [1.165, 1.54) is 0 Å². The predicted octanol–water partition coefficient (Wildman–Crippen LogP) is 3.07. The van der Waals surface area contributed by atoms with Crippen molar-refractivity contribution in [3.05, 3.63) is 41.1 Å². The van der Waals surface area contributed by atoms with Crippen LogP contribution >= 0.6 is 11.6 Å². The van der Waals surface area contributed by atoms with Gasteiger partial charge in [0.1, 0.15) is 11.6 Å². The second-order valence-corrected chi connectivity index (χ2v) is 4.80. The summed E-state index contributed by atoms with van der Waals surface area (Å²) < 4.78 is 6.73. The van der Waals surface area contributed by atoms with Crippen molar-refractivity contribution in [3.8, 4) is 16.9 Å². The van der Waals surface area contributed by atoms with E-state index in [1.807, 2.05) is 38.1 Å². The lowest BCUT2D eigenvalue weighted by atomic mass is 10.1. The SMILES string of the molecule is COc1ccc(-c2c(C)nn3c(Cl)nc(C)nc23)cc1. The number of benzene rings is 1. The molecule has 5 nitrogen and oxygen atoms in total. The molecule has 0 spiro atoms. The molecule has 0 bridgehead atoms. The molecule has 3 rings (SSSR count). The average Bonchev–Trinajstić information content (AvgIpc) is 2.76. The minimum absolute atomic E-state index is 0.315. The van der Waals surface area contributed by atoms with Gasteiger partial charge in [-0.25, -0.2) is 9.97 Å².